The lowest BCUT2D eigenvalue weighted by Gasteiger charge is -2.30. The molecule has 1 aliphatic heterocycles. The highest BCUT2D eigenvalue weighted by Crippen LogP contribution is 2.47. The van der Waals surface area contributed by atoms with Gasteiger partial charge in [0.25, 0.3) is 0 Å². The maximum atomic E-state index is 13.1. The molecule has 0 radical (unpaired) electrons. The van der Waals surface area contributed by atoms with Crippen molar-refractivity contribution in [2.45, 2.75) is 29.2 Å². The third kappa shape index (κ3) is 5.12. The van der Waals surface area contributed by atoms with E-state index in [-0.39, 0.29) is 21.3 Å². The summed E-state index contributed by atoms with van der Waals surface area (Å²) in [6.45, 7) is 3.37. The molecular weight excluding hydrogens is 601 g/mol. The van der Waals surface area contributed by atoms with Gasteiger partial charge < -0.3 is 13.1 Å². The molecule has 1 heterocycles. The van der Waals surface area contributed by atoms with Gasteiger partial charge in [-0.3, -0.25) is 0 Å². The van der Waals surface area contributed by atoms with Gasteiger partial charge in [-0.05, 0) is 67.4 Å². The SMILES string of the molecule is Cc1ccccc1S(=O)(=O)Oc1ccc(C2(c3ccc(OS(=O)(=O)c4ccccc4C)cc3)OC(=O)c3ccccc32)cc1. The van der Waals surface area contributed by atoms with Gasteiger partial charge in [0, 0.05) is 16.7 Å². The van der Waals surface area contributed by atoms with Gasteiger partial charge in [0.15, 0.2) is 5.60 Å². The number of fused-ring (bicyclic) bond motifs is 1. The Morgan fingerprint density at radius 1 is 0.545 bits per heavy atom. The smallest absolute Gasteiger partial charge is 0.340 e. The van der Waals surface area contributed by atoms with Gasteiger partial charge in [-0.2, -0.15) is 16.8 Å². The van der Waals surface area contributed by atoms with E-state index in [2.05, 4.69) is 0 Å². The monoisotopic (exact) mass is 626 g/mol. The summed E-state index contributed by atoms with van der Waals surface area (Å²) in [5.74, 6) is -0.379. The first kappa shape index (κ1) is 29.2. The van der Waals surface area contributed by atoms with E-state index >= 15 is 0 Å². The van der Waals surface area contributed by atoms with Crippen LogP contribution in [-0.2, 0) is 30.6 Å². The number of hydrogen-bond acceptors (Lipinski definition) is 8. The quantitative estimate of drug-likeness (QED) is 0.146. The standard InChI is InChI=1S/C34H26O8S2/c1-23-9-3-7-13-31(23)43(36,37)41-27-19-15-25(16-20-27)34(30-12-6-5-11-29(30)33(35)40-34)26-17-21-28(22-18-26)42-44(38,39)32-14-8-4-10-24(32)2/h3-22H,1-2H3. The number of cyclic esters (lactones) is 1. The third-order valence-electron chi connectivity index (χ3n) is 7.43. The number of aryl methyl sites for hydroxylation is 2. The van der Waals surface area contributed by atoms with E-state index in [1.165, 1.54) is 36.4 Å². The summed E-state index contributed by atoms with van der Waals surface area (Å²) in [7, 11) is -8.18. The van der Waals surface area contributed by atoms with Crippen LogP contribution in [0.3, 0.4) is 0 Å². The fourth-order valence-electron chi connectivity index (χ4n) is 5.32. The number of carbonyl (C=O) groups is 1. The van der Waals surface area contributed by atoms with E-state index in [0.717, 1.165) is 0 Å². The van der Waals surface area contributed by atoms with E-state index in [1.54, 1.807) is 98.8 Å². The summed E-state index contributed by atoms with van der Waals surface area (Å²) in [5, 5.41) is 0. The molecule has 5 aromatic carbocycles. The Hall–Kier alpha value is -4.93. The van der Waals surface area contributed by atoms with Crippen molar-refractivity contribution in [3.63, 3.8) is 0 Å². The van der Waals surface area contributed by atoms with Crippen LogP contribution in [0, 0.1) is 13.8 Å². The Bertz CT molecular complexity index is 1980. The molecule has 0 bridgehead atoms. The molecule has 0 unspecified atom stereocenters. The number of ether oxygens (including phenoxy) is 1. The zero-order chi connectivity index (χ0) is 31.1. The molecule has 0 N–H and O–H groups in total. The minimum Gasteiger partial charge on any atom is -0.441 e. The van der Waals surface area contributed by atoms with E-state index in [1.807, 2.05) is 0 Å². The van der Waals surface area contributed by atoms with Crippen LogP contribution in [0.1, 0.15) is 38.2 Å². The van der Waals surface area contributed by atoms with Gasteiger partial charge in [-0.1, -0.05) is 78.9 Å². The summed E-state index contributed by atoms with van der Waals surface area (Å²) >= 11 is 0. The Morgan fingerprint density at radius 2 is 0.955 bits per heavy atom. The molecule has 8 nitrogen and oxygen atoms in total. The van der Waals surface area contributed by atoms with Crippen LogP contribution in [-0.4, -0.2) is 22.8 Å². The normalized spacial score (nSPS) is 14.0. The first-order valence-corrected chi connectivity index (χ1v) is 16.4. The maximum absolute atomic E-state index is 13.1. The summed E-state index contributed by atoms with van der Waals surface area (Å²) in [6, 6.07) is 32.5. The molecule has 0 aliphatic carbocycles. The second kappa shape index (κ2) is 11.0. The molecular formula is C34H26O8S2. The molecule has 0 fully saturated rings. The molecule has 44 heavy (non-hydrogen) atoms. The van der Waals surface area contributed by atoms with E-state index in [0.29, 0.717) is 33.4 Å². The van der Waals surface area contributed by atoms with Gasteiger partial charge in [0.2, 0.25) is 0 Å². The van der Waals surface area contributed by atoms with Crippen molar-refractivity contribution in [1.29, 1.82) is 0 Å². The summed E-state index contributed by atoms with van der Waals surface area (Å²) in [6.07, 6.45) is 0. The van der Waals surface area contributed by atoms with Crippen LogP contribution in [0.15, 0.2) is 131 Å². The van der Waals surface area contributed by atoms with E-state index < -0.39 is 31.8 Å². The molecule has 0 atom stereocenters. The van der Waals surface area contributed by atoms with Gasteiger partial charge in [0.05, 0.1) is 5.56 Å². The lowest BCUT2D eigenvalue weighted by Crippen LogP contribution is -2.29. The average Bonchev–Trinajstić information content (AvgIpc) is 3.31. The molecule has 0 saturated carbocycles. The zero-order valence-electron chi connectivity index (χ0n) is 23.6. The summed E-state index contributed by atoms with van der Waals surface area (Å²) in [4.78, 5) is 13.2. The van der Waals surface area contributed by atoms with Gasteiger partial charge in [0.1, 0.15) is 21.3 Å². The largest absolute Gasteiger partial charge is 0.441 e. The number of benzene rings is 5. The van der Waals surface area contributed by atoms with Crippen LogP contribution in [0.2, 0.25) is 0 Å². The highest BCUT2D eigenvalue weighted by atomic mass is 32.2. The predicted octanol–water partition coefficient (Wildman–Crippen LogP) is 6.30. The van der Waals surface area contributed by atoms with Gasteiger partial charge >= 0.3 is 26.2 Å². The number of esters is 1. The van der Waals surface area contributed by atoms with Crippen molar-refractivity contribution in [2.75, 3.05) is 0 Å². The lowest BCUT2D eigenvalue weighted by atomic mass is 9.80. The molecule has 1 aliphatic rings. The van der Waals surface area contributed by atoms with Crippen LogP contribution < -0.4 is 8.37 Å². The van der Waals surface area contributed by atoms with Crippen molar-refractivity contribution < 1.29 is 34.7 Å². The number of carbonyl (C=O) groups excluding carboxylic acids is 1. The Kier molecular flexibility index (Phi) is 7.27. The summed E-state index contributed by atoms with van der Waals surface area (Å²) < 4.78 is 68.7. The van der Waals surface area contributed by atoms with Crippen LogP contribution >= 0.6 is 0 Å². The molecule has 222 valence electrons. The Labute approximate surface area is 255 Å². The molecule has 0 spiro atoms. The van der Waals surface area contributed by atoms with Gasteiger partial charge in [-0.25, -0.2) is 4.79 Å². The van der Waals surface area contributed by atoms with E-state index in [4.69, 9.17) is 13.1 Å². The molecule has 0 saturated heterocycles. The van der Waals surface area contributed by atoms with Gasteiger partial charge in [-0.15, -0.1) is 0 Å². The molecule has 10 heteroatoms. The van der Waals surface area contributed by atoms with Crippen LogP contribution in [0.4, 0.5) is 0 Å². The van der Waals surface area contributed by atoms with Crippen molar-refractivity contribution >= 4 is 26.2 Å². The molecule has 0 amide bonds. The average molecular weight is 627 g/mol. The fraction of sp³-hybridized carbons (Fsp3) is 0.0882. The second-order valence-corrected chi connectivity index (χ2v) is 13.3. The highest BCUT2D eigenvalue weighted by molar-refractivity contribution is 7.87. The Balaban J connectivity index is 1.37. The van der Waals surface area contributed by atoms with E-state index in [9.17, 15) is 21.6 Å². The molecule has 5 aromatic rings. The zero-order valence-corrected chi connectivity index (χ0v) is 25.3. The minimum atomic E-state index is -4.09. The maximum Gasteiger partial charge on any atom is 0.340 e. The Morgan fingerprint density at radius 3 is 1.41 bits per heavy atom. The summed E-state index contributed by atoms with van der Waals surface area (Å²) in [5.41, 5.74) is 1.70. The minimum absolute atomic E-state index is 0.0611. The molecule has 6 rings (SSSR count). The molecule has 0 aromatic heterocycles. The fourth-order valence-corrected chi connectivity index (χ4v) is 7.64. The first-order chi connectivity index (χ1) is 21.0. The van der Waals surface area contributed by atoms with Crippen molar-refractivity contribution in [2.24, 2.45) is 0 Å². The first-order valence-electron chi connectivity index (χ1n) is 13.6. The number of rotatable bonds is 8. The van der Waals surface area contributed by atoms with Crippen molar-refractivity contribution in [3.05, 3.63) is 155 Å². The van der Waals surface area contributed by atoms with Crippen molar-refractivity contribution in [3.8, 4) is 11.5 Å². The predicted molar refractivity (Wildman–Crippen MR) is 163 cm³/mol. The number of hydrogen-bond donors (Lipinski definition) is 0. The third-order valence-corrected chi connectivity index (χ3v) is 10.2. The lowest BCUT2D eigenvalue weighted by molar-refractivity contribution is 0.0251. The van der Waals surface area contributed by atoms with Crippen LogP contribution in [0.25, 0.3) is 0 Å². The van der Waals surface area contributed by atoms with Crippen molar-refractivity contribution in [1.82, 2.24) is 0 Å². The van der Waals surface area contributed by atoms with Crippen LogP contribution in [0.5, 0.6) is 11.5 Å². The topological polar surface area (TPSA) is 113 Å². The second-order valence-electron chi connectivity index (χ2n) is 10.3. The highest BCUT2D eigenvalue weighted by Gasteiger charge is 2.48.